The molecule has 2 heterocycles. The van der Waals surface area contributed by atoms with Crippen LogP contribution in [0.25, 0.3) is 0 Å². The summed E-state index contributed by atoms with van der Waals surface area (Å²) in [6.07, 6.45) is 5.41. The molecule has 0 amide bonds. The molecule has 16 heavy (non-hydrogen) atoms. The number of aryl methyl sites for hydroxylation is 1. The average Bonchev–Trinajstić information content (AvgIpc) is 2.78. The van der Waals surface area contributed by atoms with Gasteiger partial charge in [-0.3, -0.25) is 0 Å². The van der Waals surface area contributed by atoms with Crippen molar-refractivity contribution in [1.82, 2.24) is 9.97 Å². The minimum absolute atomic E-state index is 0.331. The van der Waals surface area contributed by atoms with Crippen LogP contribution in [-0.4, -0.2) is 27.8 Å². The Morgan fingerprint density at radius 2 is 2.50 bits per heavy atom. The Kier molecular flexibility index (Phi) is 3.85. The fraction of sp³-hybridized carbons (Fsp3) is 0.667. The second kappa shape index (κ2) is 5.37. The lowest BCUT2D eigenvalue weighted by Crippen LogP contribution is -2.09. The topological polar surface area (TPSA) is 55.2 Å². The zero-order valence-corrected chi connectivity index (χ0v) is 9.59. The fourth-order valence-electron chi connectivity index (χ4n) is 2.02. The molecule has 1 aromatic heterocycles. The van der Waals surface area contributed by atoms with Gasteiger partial charge in [0.1, 0.15) is 5.82 Å². The van der Waals surface area contributed by atoms with Crippen molar-refractivity contribution in [1.29, 1.82) is 0 Å². The molecular formula is C12H18N2O2. The number of rotatable bonds is 4. The Morgan fingerprint density at radius 1 is 1.62 bits per heavy atom. The predicted octanol–water partition coefficient (Wildman–Crippen LogP) is 1.78. The van der Waals surface area contributed by atoms with Crippen LogP contribution in [0, 0.1) is 6.92 Å². The Balaban J connectivity index is 1.85. The quantitative estimate of drug-likeness (QED) is 0.843. The second-order valence-corrected chi connectivity index (χ2v) is 4.26. The highest BCUT2D eigenvalue weighted by atomic mass is 16.5. The first-order valence-corrected chi connectivity index (χ1v) is 5.85. The number of aromatic nitrogens is 2. The Morgan fingerprint density at radius 3 is 3.19 bits per heavy atom. The molecule has 0 aliphatic carbocycles. The van der Waals surface area contributed by atoms with Crippen LogP contribution in [0.2, 0.25) is 0 Å². The van der Waals surface area contributed by atoms with Gasteiger partial charge < -0.3 is 9.84 Å². The molecule has 88 valence electrons. The van der Waals surface area contributed by atoms with E-state index in [0.29, 0.717) is 24.0 Å². The van der Waals surface area contributed by atoms with E-state index in [9.17, 15) is 5.11 Å². The molecular weight excluding hydrogens is 204 g/mol. The zero-order chi connectivity index (χ0) is 11.4. The first-order valence-electron chi connectivity index (χ1n) is 5.85. The van der Waals surface area contributed by atoms with Crippen LogP contribution in [0.15, 0.2) is 12.3 Å². The minimum Gasteiger partial charge on any atom is -0.387 e. The first-order chi connectivity index (χ1) is 7.75. The molecule has 1 N–H and O–H groups in total. The smallest absolute Gasteiger partial charge is 0.125 e. The van der Waals surface area contributed by atoms with Crippen LogP contribution < -0.4 is 0 Å². The average molecular weight is 222 g/mol. The molecule has 1 aliphatic heterocycles. The van der Waals surface area contributed by atoms with E-state index in [0.717, 1.165) is 25.9 Å². The van der Waals surface area contributed by atoms with Crippen molar-refractivity contribution < 1.29 is 9.84 Å². The molecule has 1 fully saturated rings. The van der Waals surface area contributed by atoms with Crippen LogP contribution in [0.5, 0.6) is 0 Å². The third-order valence-corrected chi connectivity index (χ3v) is 2.93. The molecule has 0 spiro atoms. The van der Waals surface area contributed by atoms with E-state index in [1.165, 1.54) is 0 Å². The van der Waals surface area contributed by atoms with Crippen LogP contribution in [0.1, 0.15) is 43.3 Å². The maximum atomic E-state index is 9.96. The molecule has 2 atom stereocenters. The van der Waals surface area contributed by atoms with Gasteiger partial charge in [0, 0.05) is 12.8 Å². The normalized spacial score (nSPS) is 22.2. The van der Waals surface area contributed by atoms with Crippen molar-refractivity contribution in [3.63, 3.8) is 0 Å². The van der Waals surface area contributed by atoms with Crippen molar-refractivity contribution in [3.8, 4) is 0 Å². The molecule has 2 unspecified atom stereocenters. The fourth-order valence-corrected chi connectivity index (χ4v) is 2.02. The van der Waals surface area contributed by atoms with E-state index < -0.39 is 6.10 Å². The summed E-state index contributed by atoms with van der Waals surface area (Å²) >= 11 is 0. The highest BCUT2D eigenvalue weighted by Crippen LogP contribution is 2.22. The molecule has 4 heteroatoms. The number of aliphatic hydroxyl groups excluding tert-OH is 1. The lowest BCUT2D eigenvalue weighted by molar-refractivity contribution is 0.0801. The molecule has 1 aromatic rings. The molecule has 0 aromatic carbocycles. The monoisotopic (exact) mass is 222 g/mol. The molecule has 0 radical (unpaired) electrons. The molecule has 2 rings (SSSR count). The molecule has 1 saturated heterocycles. The molecule has 0 saturated carbocycles. The van der Waals surface area contributed by atoms with Crippen LogP contribution >= 0.6 is 0 Å². The molecule has 4 nitrogen and oxygen atoms in total. The summed E-state index contributed by atoms with van der Waals surface area (Å²) in [6.45, 7) is 2.70. The Labute approximate surface area is 95.7 Å². The first kappa shape index (κ1) is 11.5. The second-order valence-electron chi connectivity index (χ2n) is 4.26. The van der Waals surface area contributed by atoms with E-state index in [1.54, 1.807) is 12.3 Å². The number of nitrogens with zero attached hydrogens (tertiary/aromatic N) is 2. The van der Waals surface area contributed by atoms with Crippen molar-refractivity contribution >= 4 is 0 Å². The van der Waals surface area contributed by atoms with Gasteiger partial charge in [0.2, 0.25) is 0 Å². The Hall–Kier alpha value is -1.00. The highest BCUT2D eigenvalue weighted by Gasteiger charge is 2.18. The standard InChI is InChI=1S/C12H18N2O2/c1-9-13-7-6-11(14-9)12(15)5-4-10-3-2-8-16-10/h6-7,10,12,15H,2-5,8H2,1H3. The number of ether oxygens (including phenoxy) is 1. The van der Waals surface area contributed by atoms with Gasteiger partial charge in [0.15, 0.2) is 0 Å². The van der Waals surface area contributed by atoms with Gasteiger partial charge in [0.05, 0.1) is 17.9 Å². The van der Waals surface area contributed by atoms with E-state index in [2.05, 4.69) is 9.97 Å². The predicted molar refractivity (Wildman–Crippen MR) is 59.9 cm³/mol. The number of hydrogen-bond donors (Lipinski definition) is 1. The summed E-state index contributed by atoms with van der Waals surface area (Å²) in [6, 6.07) is 1.77. The summed E-state index contributed by atoms with van der Waals surface area (Å²) in [5.74, 6) is 0.702. The summed E-state index contributed by atoms with van der Waals surface area (Å²) in [5, 5.41) is 9.96. The minimum atomic E-state index is -0.495. The molecule has 0 bridgehead atoms. The van der Waals surface area contributed by atoms with Crippen LogP contribution in [0.3, 0.4) is 0 Å². The van der Waals surface area contributed by atoms with E-state index in [1.807, 2.05) is 6.92 Å². The highest BCUT2D eigenvalue weighted by molar-refractivity contribution is 5.04. The SMILES string of the molecule is Cc1nccc(C(O)CCC2CCCO2)n1. The van der Waals surface area contributed by atoms with Gasteiger partial charge in [-0.05, 0) is 38.7 Å². The summed E-state index contributed by atoms with van der Waals surface area (Å²) in [5.41, 5.74) is 0.713. The third-order valence-electron chi connectivity index (χ3n) is 2.93. The summed E-state index contributed by atoms with van der Waals surface area (Å²) in [7, 11) is 0. The largest absolute Gasteiger partial charge is 0.387 e. The lowest BCUT2D eigenvalue weighted by Gasteiger charge is -2.13. The maximum absolute atomic E-state index is 9.96. The van der Waals surface area contributed by atoms with Gasteiger partial charge in [0.25, 0.3) is 0 Å². The van der Waals surface area contributed by atoms with Crippen molar-refractivity contribution in [3.05, 3.63) is 23.8 Å². The van der Waals surface area contributed by atoms with Gasteiger partial charge in [-0.1, -0.05) is 0 Å². The maximum Gasteiger partial charge on any atom is 0.125 e. The Bertz CT molecular complexity index is 338. The van der Waals surface area contributed by atoms with Crippen molar-refractivity contribution in [2.75, 3.05) is 6.61 Å². The lowest BCUT2D eigenvalue weighted by atomic mass is 10.1. The molecule has 1 aliphatic rings. The van der Waals surface area contributed by atoms with Crippen molar-refractivity contribution in [2.45, 2.75) is 44.8 Å². The number of hydrogen-bond acceptors (Lipinski definition) is 4. The van der Waals surface area contributed by atoms with Gasteiger partial charge in [-0.2, -0.15) is 0 Å². The van der Waals surface area contributed by atoms with E-state index in [-0.39, 0.29) is 0 Å². The summed E-state index contributed by atoms with van der Waals surface area (Å²) in [4.78, 5) is 8.23. The van der Waals surface area contributed by atoms with Crippen molar-refractivity contribution in [2.24, 2.45) is 0 Å². The number of aliphatic hydroxyl groups is 1. The van der Waals surface area contributed by atoms with Gasteiger partial charge >= 0.3 is 0 Å². The van der Waals surface area contributed by atoms with Crippen LogP contribution in [-0.2, 0) is 4.74 Å². The van der Waals surface area contributed by atoms with E-state index in [4.69, 9.17) is 4.74 Å². The zero-order valence-electron chi connectivity index (χ0n) is 9.59. The van der Waals surface area contributed by atoms with E-state index >= 15 is 0 Å². The third kappa shape index (κ3) is 3.00. The van der Waals surface area contributed by atoms with Gasteiger partial charge in [-0.25, -0.2) is 9.97 Å². The summed E-state index contributed by atoms with van der Waals surface area (Å²) < 4.78 is 5.52. The van der Waals surface area contributed by atoms with Gasteiger partial charge in [-0.15, -0.1) is 0 Å². The van der Waals surface area contributed by atoms with Crippen LogP contribution in [0.4, 0.5) is 0 Å².